The zero-order valence-electron chi connectivity index (χ0n) is 36.4. The van der Waals surface area contributed by atoms with E-state index in [1.54, 1.807) is 0 Å². The fourth-order valence-corrected chi connectivity index (χ4v) is 10.3. The highest BCUT2D eigenvalue weighted by atomic mass is 15.0. The lowest BCUT2D eigenvalue weighted by Gasteiger charge is -2.21. The van der Waals surface area contributed by atoms with Crippen LogP contribution in [0.5, 0.6) is 0 Å². The topological polar surface area (TPSA) is 56.5 Å². The maximum atomic E-state index is 5.40. The van der Waals surface area contributed by atoms with E-state index in [9.17, 15) is 0 Å². The van der Waals surface area contributed by atoms with Crippen LogP contribution in [-0.2, 0) is 5.41 Å². The summed E-state index contributed by atoms with van der Waals surface area (Å²) < 4.78 is 2.38. The van der Waals surface area contributed by atoms with Gasteiger partial charge in [-0.1, -0.05) is 178 Å². The van der Waals surface area contributed by atoms with Crippen LogP contribution >= 0.6 is 0 Å². The largest absolute Gasteiger partial charge is 0.309 e. The first-order valence-corrected chi connectivity index (χ1v) is 22.5. The van der Waals surface area contributed by atoms with Crippen LogP contribution in [0.15, 0.2) is 212 Å². The molecule has 13 rings (SSSR count). The molecule has 0 atom stereocenters. The Balaban J connectivity index is 0.939. The van der Waals surface area contributed by atoms with Crippen LogP contribution in [0.4, 0.5) is 0 Å². The molecular weight excluding hydrogens is 803 g/mol. The van der Waals surface area contributed by atoms with Gasteiger partial charge in [0.25, 0.3) is 0 Å². The Hall–Kier alpha value is -8.54. The smallest absolute Gasteiger partial charge is 0.164 e. The molecule has 66 heavy (non-hydrogen) atoms. The van der Waals surface area contributed by atoms with Crippen molar-refractivity contribution in [3.63, 3.8) is 0 Å². The summed E-state index contributed by atoms with van der Waals surface area (Å²) in [6.07, 6.45) is 0. The Morgan fingerprint density at radius 1 is 0.333 bits per heavy atom. The molecule has 0 saturated heterocycles. The summed E-state index contributed by atoms with van der Waals surface area (Å²) >= 11 is 0. The van der Waals surface area contributed by atoms with Crippen molar-refractivity contribution < 1.29 is 0 Å². The SMILES string of the molecule is CC1(C)c2ccccc2-c2ccc(-c3nc(-c4ccccc4)nc(-c4ccc(-c5ccc6nc(-c7ccccc7)c7cc8c(cc7c6c5)c5ccccc5n8-c5ccccc5)cc4)n3)cc21. The van der Waals surface area contributed by atoms with Crippen LogP contribution in [-0.4, -0.2) is 24.5 Å². The first kappa shape index (κ1) is 38.0. The van der Waals surface area contributed by atoms with Gasteiger partial charge in [0.05, 0.1) is 22.2 Å². The van der Waals surface area contributed by atoms with Crippen molar-refractivity contribution in [2.75, 3.05) is 0 Å². The Kier molecular flexibility index (Phi) is 8.49. The molecule has 0 radical (unpaired) electrons. The summed E-state index contributed by atoms with van der Waals surface area (Å²) in [4.78, 5) is 20.7. The molecule has 12 aromatic rings. The van der Waals surface area contributed by atoms with E-state index in [4.69, 9.17) is 19.9 Å². The third kappa shape index (κ3) is 6.01. The average molecular weight is 844 g/mol. The number of hydrogen-bond donors (Lipinski definition) is 0. The van der Waals surface area contributed by atoms with Crippen LogP contribution in [0, 0.1) is 0 Å². The molecule has 0 bridgehead atoms. The van der Waals surface area contributed by atoms with Crippen molar-refractivity contribution >= 4 is 43.5 Å². The summed E-state index contributed by atoms with van der Waals surface area (Å²) in [5.41, 5.74) is 16.6. The van der Waals surface area contributed by atoms with Gasteiger partial charge in [0.15, 0.2) is 17.5 Å². The molecule has 0 fully saturated rings. The van der Waals surface area contributed by atoms with Crippen LogP contribution in [0.1, 0.15) is 25.0 Å². The Morgan fingerprint density at radius 2 is 0.909 bits per heavy atom. The van der Waals surface area contributed by atoms with Crippen molar-refractivity contribution in [3.8, 4) is 73.4 Å². The van der Waals surface area contributed by atoms with E-state index in [0.717, 1.165) is 66.6 Å². The van der Waals surface area contributed by atoms with Gasteiger partial charge >= 0.3 is 0 Å². The molecule has 5 heteroatoms. The van der Waals surface area contributed by atoms with E-state index in [1.807, 2.05) is 18.2 Å². The molecule has 1 aliphatic rings. The van der Waals surface area contributed by atoms with E-state index < -0.39 is 0 Å². The van der Waals surface area contributed by atoms with Crippen molar-refractivity contribution in [2.45, 2.75) is 19.3 Å². The second-order valence-corrected chi connectivity index (χ2v) is 17.8. The number of benzene rings is 9. The zero-order chi connectivity index (χ0) is 43.9. The highest BCUT2D eigenvalue weighted by Gasteiger charge is 2.35. The number of aromatic nitrogens is 5. The summed E-state index contributed by atoms with van der Waals surface area (Å²) in [6, 6.07) is 75.5. The van der Waals surface area contributed by atoms with E-state index in [0.29, 0.717) is 17.5 Å². The third-order valence-electron chi connectivity index (χ3n) is 13.6. The summed E-state index contributed by atoms with van der Waals surface area (Å²) in [6.45, 7) is 4.61. The first-order chi connectivity index (χ1) is 32.5. The number of hydrogen-bond acceptors (Lipinski definition) is 4. The average Bonchev–Trinajstić information content (AvgIpc) is 3.83. The number of para-hydroxylation sites is 2. The monoisotopic (exact) mass is 843 g/mol. The maximum Gasteiger partial charge on any atom is 0.164 e. The molecule has 3 aromatic heterocycles. The van der Waals surface area contributed by atoms with E-state index in [-0.39, 0.29) is 5.41 Å². The summed E-state index contributed by atoms with van der Waals surface area (Å²) in [5, 5.41) is 5.83. The molecule has 0 aliphatic heterocycles. The normalized spacial score (nSPS) is 12.8. The van der Waals surface area contributed by atoms with Crippen LogP contribution in [0.3, 0.4) is 0 Å². The van der Waals surface area contributed by atoms with Crippen molar-refractivity contribution in [2.24, 2.45) is 0 Å². The maximum absolute atomic E-state index is 5.40. The molecule has 0 amide bonds. The van der Waals surface area contributed by atoms with Gasteiger partial charge in [0.1, 0.15) is 0 Å². The Labute approximate surface area is 382 Å². The van der Waals surface area contributed by atoms with Gasteiger partial charge in [-0.25, -0.2) is 19.9 Å². The summed E-state index contributed by atoms with van der Waals surface area (Å²) in [7, 11) is 0. The lowest BCUT2D eigenvalue weighted by Crippen LogP contribution is -2.15. The summed E-state index contributed by atoms with van der Waals surface area (Å²) in [5.74, 6) is 1.93. The fourth-order valence-electron chi connectivity index (χ4n) is 10.3. The second-order valence-electron chi connectivity index (χ2n) is 17.8. The van der Waals surface area contributed by atoms with E-state index >= 15 is 0 Å². The molecule has 0 N–H and O–H groups in total. The molecule has 0 saturated carbocycles. The minimum Gasteiger partial charge on any atom is -0.309 e. The van der Waals surface area contributed by atoms with Crippen LogP contribution in [0.25, 0.3) is 117 Å². The fraction of sp³-hybridized carbons (Fsp3) is 0.0492. The molecule has 0 unspecified atom stereocenters. The molecular formula is C61H41N5. The minimum atomic E-state index is -0.139. The molecule has 9 aromatic carbocycles. The van der Waals surface area contributed by atoms with Gasteiger partial charge in [-0.3, -0.25) is 0 Å². The van der Waals surface area contributed by atoms with Gasteiger partial charge in [0, 0.05) is 54.9 Å². The van der Waals surface area contributed by atoms with Gasteiger partial charge in [-0.05, 0) is 87.3 Å². The quantitative estimate of drug-likeness (QED) is 0.156. The highest BCUT2D eigenvalue weighted by molar-refractivity contribution is 6.20. The zero-order valence-corrected chi connectivity index (χ0v) is 36.4. The predicted molar refractivity (Wildman–Crippen MR) is 272 cm³/mol. The molecule has 1 aliphatic carbocycles. The Morgan fingerprint density at radius 3 is 1.67 bits per heavy atom. The second kappa shape index (κ2) is 14.8. The minimum absolute atomic E-state index is 0.139. The molecule has 3 heterocycles. The van der Waals surface area contributed by atoms with Gasteiger partial charge in [0.2, 0.25) is 0 Å². The standard InChI is InChI=1S/C61H41N5/c1-61(2)52-24-14-12-22-45(52)46-32-30-43(35-53(46)61)60-64-58(40-18-8-4-9-19-40)63-59(65-60)41-28-26-38(27-29-41)42-31-33-54-49(34-42)48-36-50-47-23-13-15-25-55(47)66(44-20-10-5-11-21-44)56(50)37-51(48)57(62-54)39-16-6-3-7-17-39/h3-37H,1-2H3. The van der Waals surface area contributed by atoms with Gasteiger partial charge in [-0.15, -0.1) is 0 Å². The highest BCUT2D eigenvalue weighted by Crippen LogP contribution is 2.49. The number of nitrogens with zero attached hydrogens (tertiary/aromatic N) is 5. The van der Waals surface area contributed by atoms with Crippen molar-refractivity contribution in [1.29, 1.82) is 0 Å². The molecule has 0 spiro atoms. The third-order valence-corrected chi connectivity index (χ3v) is 13.6. The molecule has 310 valence electrons. The number of pyridine rings is 1. The van der Waals surface area contributed by atoms with Crippen molar-refractivity contribution in [3.05, 3.63) is 223 Å². The predicted octanol–water partition coefficient (Wildman–Crippen LogP) is 15.3. The van der Waals surface area contributed by atoms with E-state index in [1.165, 1.54) is 43.9 Å². The number of rotatable bonds is 6. The van der Waals surface area contributed by atoms with E-state index in [2.05, 4.69) is 213 Å². The van der Waals surface area contributed by atoms with Crippen LogP contribution in [0.2, 0.25) is 0 Å². The Bertz CT molecular complexity index is 3870. The van der Waals surface area contributed by atoms with Gasteiger partial charge in [-0.2, -0.15) is 0 Å². The van der Waals surface area contributed by atoms with Crippen molar-refractivity contribution in [1.82, 2.24) is 24.5 Å². The number of fused-ring (bicyclic) bond motifs is 9. The lowest BCUT2D eigenvalue weighted by molar-refractivity contribution is 0.660. The van der Waals surface area contributed by atoms with Gasteiger partial charge < -0.3 is 4.57 Å². The van der Waals surface area contributed by atoms with Crippen LogP contribution < -0.4 is 0 Å². The first-order valence-electron chi connectivity index (χ1n) is 22.5. The lowest BCUT2D eigenvalue weighted by atomic mass is 9.82. The molecule has 5 nitrogen and oxygen atoms in total.